The summed E-state index contributed by atoms with van der Waals surface area (Å²) in [6.07, 6.45) is 1.59. The normalized spacial score (nSPS) is 10.8. The number of aromatic nitrogens is 1. The molecular weight excluding hydrogens is 265 g/mol. The van der Waals surface area contributed by atoms with Crippen molar-refractivity contribution in [3.05, 3.63) is 52.7 Å². The van der Waals surface area contributed by atoms with Gasteiger partial charge in [0.1, 0.15) is 16.3 Å². The summed E-state index contributed by atoms with van der Waals surface area (Å²) in [6, 6.07) is 8.32. The minimum absolute atomic E-state index is 0.150. The molecule has 0 spiro atoms. The summed E-state index contributed by atoms with van der Waals surface area (Å²) in [5.41, 5.74) is 0.323. The van der Waals surface area contributed by atoms with E-state index in [4.69, 9.17) is 4.74 Å². The predicted octanol–water partition coefficient (Wildman–Crippen LogP) is 3.40. The van der Waals surface area contributed by atoms with E-state index in [1.807, 2.05) is 6.07 Å². The summed E-state index contributed by atoms with van der Waals surface area (Å²) >= 11 is 1.28. The molecule has 0 saturated heterocycles. The lowest BCUT2D eigenvalue weighted by atomic mass is 10.1. The largest absolute Gasteiger partial charge is 0.497 e. The number of hydrogen-bond acceptors (Lipinski definition) is 3. The number of aromatic amines is 1. The number of nitrogens with one attached hydrogen (secondary N) is 1. The second-order valence-electron chi connectivity index (χ2n) is 4.05. The van der Waals surface area contributed by atoms with Crippen molar-refractivity contribution in [2.45, 2.75) is 0 Å². The van der Waals surface area contributed by atoms with Gasteiger partial charge in [-0.05, 0) is 24.3 Å². The van der Waals surface area contributed by atoms with Gasteiger partial charge in [-0.3, -0.25) is 4.79 Å². The molecule has 3 aromatic rings. The Bertz CT molecular complexity index is 807. The molecule has 2 heterocycles. The lowest BCUT2D eigenvalue weighted by molar-refractivity contribution is 0.411. The van der Waals surface area contributed by atoms with Gasteiger partial charge in [-0.1, -0.05) is 0 Å². The molecule has 0 fully saturated rings. The fraction of sp³-hybridized carbons (Fsp3) is 0.0714. The molecule has 0 aliphatic carbocycles. The third kappa shape index (κ3) is 2.02. The van der Waals surface area contributed by atoms with Crippen LogP contribution in [0.3, 0.4) is 0 Å². The molecule has 0 amide bonds. The summed E-state index contributed by atoms with van der Waals surface area (Å²) in [4.78, 5) is 15.0. The minimum atomic E-state index is -0.359. The van der Waals surface area contributed by atoms with Crippen LogP contribution in [0.25, 0.3) is 20.5 Å². The first-order valence-corrected chi connectivity index (χ1v) is 6.46. The number of hydrogen-bond donors (Lipinski definition) is 1. The Morgan fingerprint density at radius 1 is 1.26 bits per heavy atom. The van der Waals surface area contributed by atoms with Gasteiger partial charge in [0.15, 0.2) is 0 Å². The number of rotatable bonds is 2. The molecule has 0 atom stereocenters. The van der Waals surface area contributed by atoms with Crippen molar-refractivity contribution in [3.63, 3.8) is 0 Å². The van der Waals surface area contributed by atoms with Crippen molar-refractivity contribution in [2.24, 2.45) is 0 Å². The van der Waals surface area contributed by atoms with Crippen LogP contribution in [0.2, 0.25) is 0 Å². The molecule has 0 saturated carbocycles. The first-order valence-electron chi connectivity index (χ1n) is 5.64. The highest BCUT2D eigenvalue weighted by molar-refractivity contribution is 7.22. The van der Waals surface area contributed by atoms with Crippen molar-refractivity contribution in [2.75, 3.05) is 7.11 Å². The lowest BCUT2D eigenvalue weighted by Gasteiger charge is -2.03. The maximum atomic E-state index is 14.0. The molecule has 3 rings (SSSR count). The van der Waals surface area contributed by atoms with E-state index in [9.17, 15) is 9.18 Å². The smallest absolute Gasteiger partial charge is 0.265 e. The quantitative estimate of drug-likeness (QED) is 0.778. The maximum Gasteiger partial charge on any atom is 0.265 e. The van der Waals surface area contributed by atoms with Crippen LogP contribution in [0.1, 0.15) is 0 Å². The van der Waals surface area contributed by atoms with E-state index >= 15 is 0 Å². The Morgan fingerprint density at radius 2 is 2.11 bits per heavy atom. The highest BCUT2D eigenvalue weighted by Crippen LogP contribution is 2.34. The number of pyridine rings is 1. The molecule has 1 N–H and O–H groups in total. The summed E-state index contributed by atoms with van der Waals surface area (Å²) < 4.78 is 19.6. The second-order valence-corrected chi connectivity index (χ2v) is 5.10. The van der Waals surface area contributed by atoms with Crippen LogP contribution < -0.4 is 10.3 Å². The molecule has 96 valence electrons. The maximum absolute atomic E-state index is 14.0. The van der Waals surface area contributed by atoms with Crippen LogP contribution in [-0.4, -0.2) is 12.1 Å². The molecule has 1 aromatic carbocycles. The van der Waals surface area contributed by atoms with Gasteiger partial charge in [0, 0.05) is 28.1 Å². The van der Waals surface area contributed by atoms with E-state index in [0.29, 0.717) is 16.0 Å². The van der Waals surface area contributed by atoms with Crippen LogP contribution in [0.15, 0.2) is 41.3 Å². The Labute approximate surface area is 112 Å². The number of benzene rings is 1. The zero-order valence-electron chi connectivity index (χ0n) is 10.1. The number of halogens is 1. The van der Waals surface area contributed by atoms with Gasteiger partial charge in [-0.15, -0.1) is 11.3 Å². The highest BCUT2D eigenvalue weighted by atomic mass is 32.1. The standard InChI is InChI=1S/C14H10FNO2S/c1-18-9-2-3-10(11(15)7-9)12-6-8-4-5-16-14(17)13(8)19-12/h2-7H,1H3,(H,16,17). The number of H-pyrrole nitrogens is 1. The van der Waals surface area contributed by atoms with E-state index in [0.717, 1.165) is 10.3 Å². The zero-order valence-corrected chi connectivity index (χ0v) is 10.9. The van der Waals surface area contributed by atoms with Gasteiger partial charge < -0.3 is 9.72 Å². The second kappa shape index (κ2) is 4.51. The third-order valence-electron chi connectivity index (χ3n) is 2.89. The Morgan fingerprint density at radius 3 is 2.79 bits per heavy atom. The molecule has 0 unspecified atom stereocenters. The van der Waals surface area contributed by atoms with E-state index in [-0.39, 0.29) is 11.4 Å². The van der Waals surface area contributed by atoms with Gasteiger partial charge in [-0.2, -0.15) is 0 Å². The molecule has 0 radical (unpaired) electrons. The van der Waals surface area contributed by atoms with Gasteiger partial charge in [0.2, 0.25) is 0 Å². The van der Waals surface area contributed by atoms with Crippen molar-refractivity contribution in [3.8, 4) is 16.2 Å². The van der Waals surface area contributed by atoms with Gasteiger partial charge in [0.05, 0.1) is 7.11 Å². The molecule has 3 nitrogen and oxygen atoms in total. The number of ether oxygens (including phenoxy) is 1. The molecule has 19 heavy (non-hydrogen) atoms. The average Bonchev–Trinajstić information content (AvgIpc) is 2.83. The van der Waals surface area contributed by atoms with Crippen molar-refractivity contribution >= 4 is 21.4 Å². The molecule has 0 aliphatic heterocycles. The minimum Gasteiger partial charge on any atom is -0.497 e. The number of fused-ring (bicyclic) bond motifs is 1. The van der Waals surface area contributed by atoms with Crippen molar-refractivity contribution in [1.29, 1.82) is 0 Å². The first-order chi connectivity index (χ1) is 9.19. The summed E-state index contributed by atoms with van der Waals surface area (Å²) in [5, 5.41) is 0.818. The zero-order chi connectivity index (χ0) is 13.4. The molecular formula is C14H10FNO2S. The van der Waals surface area contributed by atoms with Gasteiger partial charge in [0.25, 0.3) is 5.56 Å². The van der Waals surface area contributed by atoms with E-state index in [2.05, 4.69) is 4.98 Å². The van der Waals surface area contributed by atoms with Crippen LogP contribution in [0.5, 0.6) is 5.75 Å². The average molecular weight is 275 g/mol. The fourth-order valence-electron chi connectivity index (χ4n) is 1.93. The van der Waals surface area contributed by atoms with Crippen molar-refractivity contribution in [1.82, 2.24) is 4.98 Å². The van der Waals surface area contributed by atoms with Crippen LogP contribution in [0, 0.1) is 5.82 Å². The summed E-state index contributed by atoms with van der Waals surface area (Å²) in [6.45, 7) is 0. The monoisotopic (exact) mass is 275 g/mol. The summed E-state index contributed by atoms with van der Waals surface area (Å²) in [5.74, 6) is 0.113. The molecule has 0 bridgehead atoms. The Hall–Kier alpha value is -2.14. The third-order valence-corrected chi connectivity index (χ3v) is 4.07. The SMILES string of the molecule is COc1ccc(-c2cc3cc[nH]c(=O)c3s2)c(F)c1. The molecule has 0 aliphatic rings. The van der Waals surface area contributed by atoms with Crippen LogP contribution in [0.4, 0.5) is 4.39 Å². The van der Waals surface area contributed by atoms with E-state index in [1.54, 1.807) is 24.4 Å². The Balaban J connectivity index is 2.19. The summed E-state index contributed by atoms with van der Waals surface area (Å²) in [7, 11) is 1.49. The molecule has 5 heteroatoms. The topological polar surface area (TPSA) is 42.1 Å². The van der Waals surface area contributed by atoms with Gasteiger partial charge >= 0.3 is 0 Å². The molecule has 2 aromatic heterocycles. The van der Waals surface area contributed by atoms with Crippen molar-refractivity contribution < 1.29 is 9.13 Å². The van der Waals surface area contributed by atoms with Crippen LogP contribution in [-0.2, 0) is 0 Å². The predicted molar refractivity (Wildman–Crippen MR) is 74.4 cm³/mol. The Kier molecular flexibility index (Phi) is 2.83. The first kappa shape index (κ1) is 11.9. The number of thiophene rings is 1. The fourth-order valence-corrected chi connectivity index (χ4v) is 3.01. The highest BCUT2D eigenvalue weighted by Gasteiger charge is 2.11. The van der Waals surface area contributed by atoms with Crippen LogP contribution >= 0.6 is 11.3 Å². The van der Waals surface area contributed by atoms with Gasteiger partial charge in [-0.25, -0.2) is 4.39 Å². The lowest BCUT2D eigenvalue weighted by Crippen LogP contribution is -2.01. The number of methoxy groups -OCH3 is 1. The van der Waals surface area contributed by atoms with E-state index in [1.165, 1.54) is 24.5 Å². The van der Waals surface area contributed by atoms with E-state index < -0.39 is 0 Å².